The van der Waals surface area contributed by atoms with Gasteiger partial charge in [-0.25, -0.2) is 4.79 Å². The van der Waals surface area contributed by atoms with Crippen LogP contribution in [0.25, 0.3) is 6.08 Å². The summed E-state index contributed by atoms with van der Waals surface area (Å²) in [6, 6.07) is 5.54. The average Bonchev–Trinajstić information content (AvgIpc) is 2.39. The van der Waals surface area contributed by atoms with Crippen molar-refractivity contribution in [2.75, 3.05) is 13.2 Å². The number of esters is 1. The largest absolute Gasteiger partial charge is 0.490 e. The van der Waals surface area contributed by atoms with Gasteiger partial charge in [-0.1, -0.05) is 6.07 Å². The van der Waals surface area contributed by atoms with Gasteiger partial charge in [0.1, 0.15) is 0 Å². The van der Waals surface area contributed by atoms with Gasteiger partial charge in [-0.05, 0) is 51.5 Å². The van der Waals surface area contributed by atoms with Crippen molar-refractivity contribution in [2.24, 2.45) is 0 Å². The second kappa shape index (κ2) is 8.25. The maximum atomic E-state index is 11.4. The molecular formula is C16H22O4. The van der Waals surface area contributed by atoms with Crippen LogP contribution in [-0.4, -0.2) is 25.3 Å². The van der Waals surface area contributed by atoms with Crippen molar-refractivity contribution in [3.63, 3.8) is 0 Å². The van der Waals surface area contributed by atoms with Gasteiger partial charge >= 0.3 is 5.97 Å². The summed E-state index contributed by atoms with van der Waals surface area (Å²) in [6.07, 6.45) is 2.99. The van der Waals surface area contributed by atoms with Crippen LogP contribution in [0.2, 0.25) is 0 Å². The zero-order valence-corrected chi connectivity index (χ0v) is 12.5. The maximum absolute atomic E-state index is 11.4. The third kappa shape index (κ3) is 5.34. The fourth-order valence-electron chi connectivity index (χ4n) is 1.61. The Kier molecular flexibility index (Phi) is 6.64. The maximum Gasteiger partial charge on any atom is 0.331 e. The molecule has 0 aliphatic heterocycles. The van der Waals surface area contributed by atoms with Crippen molar-refractivity contribution in [1.82, 2.24) is 0 Å². The van der Waals surface area contributed by atoms with E-state index in [4.69, 9.17) is 14.2 Å². The second-order valence-corrected chi connectivity index (χ2v) is 4.39. The lowest BCUT2D eigenvalue weighted by Gasteiger charge is -2.11. The molecule has 0 heterocycles. The number of carbonyl (C=O) groups is 1. The quantitative estimate of drug-likeness (QED) is 0.566. The molecule has 0 aromatic heterocycles. The van der Waals surface area contributed by atoms with Crippen LogP contribution in [0.15, 0.2) is 24.3 Å². The molecule has 0 bridgehead atoms. The van der Waals surface area contributed by atoms with Crippen LogP contribution in [0.3, 0.4) is 0 Å². The number of benzene rings is 1. The minimum absolute atomic E-state index is 0.119. The standard InChI is InChI=1S/C16H22O4/c1-5-18-14-9-7-13(11-15(14)19-6-2)8-10-16(17)20-12(3)4/h7-12H,5-6H2,1-4H3. The Morgan fingerprint density at radius 1 is 1.15 bits per heavy atom. The number of hydrogen-bond acceptors (Lipinski definition) is 4. The van der Waals surface area contributed by atoms with E-state index in [1.54, 1.807) is 6.08 Å². The summed E-state index contributed by atoms with van der Waals surface area (Å²) in [4.78, 5) is 11.4. The summed E-state index contributed by atoms with van der Waals surface area (Å²) in [7, 11) is 0. The Labute approximate surface area is 120 Å². The normalized spacial score (nSPS) is 10.8. The predicted octanol–water partition coefficient (Wildman–Crippen LogP) is 3.45. The smallest absolute Gasteiger partial charge is 0.331 e. The fourth-order valence-corrected chi connectivity index (χ4v) is 1.61. The van der Waals surface area contributed by atoms with E-state index in [1.165, 1.54) is 6.08 Å². The minimum atomic E-state index is -0.355. The molecule has 0 saturated carbocycles. The first-order valence-corrected chi connectivity index (χ1v) is 6.85. The molecule has 1 rings (SSSR count). The highest BCUT2D eigenvalue weighted by atomic mass is 16.5. The van der Waals surface area contributed by atoms with Crippen LogP contribution >= 0.6 is 0 Å². The van der Waals surface area contributed by atoms with Crippen molar-refractivity contribution >= 4 is 12.0 Å². The average molecular weight is 278 g/mol. The summed E-state index contributed by atoms with van der Waals surface area (Å²) in [5.74, 6) is 1.02. The molecule has 0 spiro atoms. The van der Waals surface area contributed by atoms with Crippen LogP contribution < -0.4 is 9.47 Å². The molecule has 0 N–H and O–H groups in total. The molecule has 20 heavy (non-hydrogen) atoms. The SMILES string of the molecule is CCOc1ccc(C=CC(=O)OC(C)C)cc1OCC. The molecule has 0 saturated heterocycles. The lowest BCUT2D eigenvalue weighted by molar-refractivity contribution is -0.141. The van der Waals surface area contributed by atoms with E-state index < -0.39 is 0 Å². The molecule has 1 aromatic carbocycles. The van der Waals surface area contributed by atoms with E-state index in [0.717, 1.165) is 5.56 Å². The van der Waals surface area contributed by atoms with Gasteiger partial charge in [0.25, 0.3) is 0 Å². The Bertz CT molecular complexity index is 464. The molecule has 0 radical (unpaired) electrons. The molecule has 4 heteroatoms. The Morgan fingerprint density at radius 3 is 2.40 bits per heavy atom. The van der Waals surface area contributed by atoms with Crippen molar-refractivity contribution in [1.29, 1.82) is 0 Å². The number of hydrogen-bond donors (Lipinski definition) is 0. The fraction of sp³-hybridized carbons (Fsp3) is 0.438. The van der Waals surface area contributed by atoms with E-state index in [-0.39, 0.29) is 12.1 Å². The van der Waals surface area contributed by atoms with Gasteiger partial charge in [0, 0.05) is 6.08 Å². The van der Waals surface area contributed by atoms with E-state index in [1.807, 2.05) is 45.9 Å². The highest BCUT2D eigenvalue weighted by molar-refractivity contribution is 5.87. The monoisotopic (exact) mass is 278 g/mol. The van der Waals surface area contributed by atoms with Crippen LogP contribution in [0, 0.1) is 0 Å². The topological polar surface area (TPSA) is 44.8 Å². The highest BCUT2D eigenvalue weighted by Crippen LogP contribution is 2.28. The van der Waals surface area contributed by atoms with Gasteiger partial charge in [0.05, 0.1) is 19.3 Å². The zero-order valence-electron chi connectivity index (χ0n) is 12.5. The third-order valence-corrected chi connectivity index (χ3v) is 2.33. The Morgan fingerprint density at radius 2 is 1.80 bits per heavy atom. The molecule has 0 atom stereocenters. The highest BCUT2D eigenvalue weighted by Gasteiger charge is 2.05. The summed E-state index contributed by atoms with van der Waals surface area (Å²) in [5.41, 5.74) is 0.859. The van der Waals surface area contributed by atoms with Crippen LogP contribution in [0.4, 0.5) is 0 Å². The van der Waals surface area contributed by atoms with Crippen molar-refractivity contribution < 1.29 is 19.0 Å². The van der Waals surface area contributed by atoms with Gasteiger partial charge in [-0.2, -0.15) is 0 Å². The van der Waals surface area contributed by atoms with Gasteiger partial charge in [-0.3, -0.25) is 0 Å². The van der Waals surface area contributed by atoms with Crippen molar-refractivity contribution in [2.45, 2.75) is 33.8 Å². The summed E-state index contributed by atoms with van der Waals surface area (Å²) >= 11 is 0. The summed E-state index contributed by atoms with van der Waals surface area (Å²) in [5, 5.41) is 0. The minimum Gasteiger partial charge on any atom is -0.490 e. The first-order valence-electron chi connectivity index (χ1n) is 6.85. The van der Waals surface area contributed by atoms with Crippen LogP contribution in [-0.2, 0) is 9.53 Å². The Balaban J connectivity index is 2.83. The summed E-state index contributed by atoms with van der Waals surface area (Å²) in [6.45, 7) is 8.61. The van der Waals surface area contributed by atoms with Crippen LogP contribution in [0.5, 0.6) is 11.5 Å². The van der Waals surface area contributed by atoms with Gasteiger partial charge < -0.3 is 14.2 Å². The van der Waals surface area contributed by atoms with Gasteiger partial charge in [0.2, 0.25) is 0 Å². The number of carbonyl (C=O) groups excluding carboxylic acids is 1. The van der Waals surface area contributed by atoms with Crippen LogP contribution in [0.1, 0.15) is 33.3 Å². The lowest BCUT2D eigenvalue weighted by atomic mass is 10.2. The molecule has 0 fully saturated rings. The molecule has 0 amide bonds. The molecule has 4 nitrogen and oxygen atoms in total. The molecular weight excluding hydrogens is 256 g/mol. The van der Waals surface area contributed by atoms with E-state index >= 15 is 0 Å². The van der Waals surface area contributed by atoms with E-state index in [0.29, 0.717) is 24.7 Å². The first-order chi connectivity index (χ1) is 9.56. The molecule has 110 valence electrons. The number of ether oxygens (including phenoxy) is 3. The Hall–Kier alpha value is -1.97. The molecule has 0 aliphatic carbocycles. The van der Waals surface area contributed by atoms with E-state index in [9.17, 15) is 4.79 Å². The summed E-state index contributed by atoms with van der Waals surface area (Å²) < 4.78 is 16.0. The van der Waals surface area contributed by atoms with Crippen molar-refractivity contribution in [3.05, 3.63) is 29.8 Å². The first kappa shape index (κ1) is 16.1. The molecule has 0 aliphatic rings. The zero-order chi connectivity index (χ0) is 15.0. The third-order valence-electron chi connectivity index (χ3n) is 2.33. The lowest BCUT2D eigenvalue weighted by Crippen LogP contribution is -2.08. The second-order valence-electron chi connectivity index (χ2n) is 4.39. The van der Waals surface area contributed by atoms with E-state index in [2.05, 4.69) is 0 Å². The predicted molar refractivity (Wildman–Crippen MR) is 79.0 cm³/mol. The van der Waals surface area contributed by atoms with Crippen molar-refractivity contribution in [3.8, 4) is 11.5 Å². The van der Waals surface area contributed by atoms with Gasteiger partial charge in [-0.15, -0.1) is 0 Å². The number of rotatable bonds is 7. The molecule has 0 unspecified atom stereocenters. The van der Waals surface area contributed by atoms with Gasteiger partial charge in [0.15, 0.2) is 11.5 Å². The molecule has 1 aromatic rings.